The molecule has 12 nitrogen and oxygen atoms in total. The van der Waals surface area contributed by atoms with Crippen LogP contribution in [0.1, 0.15) is 47.8 Å². The van der Waals surface area contributed by atoms with Crippen molar-refractivity contribution in [2.75, 3.05) is 19.8 Å². The van der Waals surface area contributed by atoms with Gasteiger partial charge in [0, 0.05) is 30.3 Å². The van der Waals surface area contributed by atoms with E-state index in [9.17, 15) is 34.1 Å². The number of phenols is 1. The van der Waals surface area contributed by atoms with E-state index in [4.69, 9.17) is 10.5 Å². The number of H-pyrrole nitrogens is 1. The number of carbonyl (C=O) groups is 3. The maximum atomic E-state index is 14.6. The number of nitrogens with two attached hydrogens (primary N) is 1. The largest absolute Gasteiger partial charge is 0.505 e. The summed E-state index contributed by atoms with van der Waals surface area (Å²) >= 11 is 0. The van der Waals surface area contributed by atoms with Crippen molar-refractivity contribution in [2.24, 2.45) is 11.7 Å². The molecule has 0 radical (unpaired) electrons. The Kier molecular flexibility index (Phi) is 6.61. The monoisotopic (exact) mass is 527 g/mol. The molecule has 1 aliphatic heterocycles. The Morgan fingerprint density at radius 1 is 1.21 bits per heavy atom. The van der Waals surface area contributed by atoms with Crippen molar-refractivity contribution in [3.05, 3.63) is 35.5 Å². The molecule has 2 aromatic heterocycles. The highest BCUT2D eigenvalue weighted by Gasteiger charge is 2.37. The normalized spacial score (nSPS) is 19.5. The number of aliphatic hydroxyl groups excluding tert-OH is 1. The summed E-state index contributed by atoms with van der Waals surface area (Å²) in [6.07, 6.45) is 3.62. The molecule has 0 spiro atoms. The van der Waals surface area contributed by atoms with Gasteiger partial charge in [-0.3, -0.25) is 9.59 Å². The van der Waals surface area contributed by atoms with Gasteiger partial charge < -0.3 is 35.7 Å². The highest BCUT2D eigenvalue weighted by Crippen LogP contribution is 2.40. The number of primary amides is 1. The molecule has 2 atom stereocenters. The molecule has 2 amide bonds. The number of piperidine rings is 1. The number of carboxylic acid groups (broad SMARTS) is 1. The van der Waals surface area contributed by atoms with Crippen molar-refractivity contribution in [3.63, 3.8) is 0 Å². The molecule has 2 aliphatic rings. The Balaban J connectivity index is 1.63. The van der Waals surface area contributed by atoms with Crippen LogP contribution >= 0.6 is 0 Å². The van der Waals surface area contributed by atoms with E-state index < -0.39 is 47.9 Å². The van der Waals surface area contributed by atoms with Crippen molar-refractivity contribution in [3.8, 4) is 22.8 Å². The molecule has 2 unspecified atom stereocenters. The molecule has 3 heterocycles. The van der Waals surface area contributed by atoms with Gasteiger partial charge in [0.1, 0.15) is 41.0 Å². The summed E-state index contributed by atoms with van der Waals surface area (Å²) in [7, 11) is 0. The van der Waals surface area contributed by atoms with Crippen molar-refractivity contribution in [2.45, 2.75) is 37.6 Å². The Labute approximate surface area is 215 Å². The average molecular weight is 528 g/mol. The second-order valence-electron chi connectivity index (χ2n) is 9.60. The highest BCUT2D eigenvalue weighted by atomic mass is 19.1. The van der Waals surface area contributed by atoms with Gasteiger partial charge in [-0.1, -0.05) is 0 Å². The molecule has 38 heavy (non-hydrogen) atoms. The van der Waals surface area contributed by atoms with Gasteiger partial charge in [-0.05, 0) is 37.7 Å². The standard InChI is InChI=1S/C25H26FN5O7/c26-15-6-13(18(7-17(15)33)38-10-11-1-2-11)20-22-21(14(8-28-22)25(36)37)30-24(29-20)12-3-4-31(19(34)9-32)16(5-12)23(27)35/h6-8,11-12,16,28,32-33H,1-5,9-10H2,(H2,27,35)(H,36,37). The second kappa shape index (κ2) is 9.89. The quantitative estimate of drug-likeness (QED) is 0.289. The molecule has 1 saturated heterocycles. The summed E-state index contributed by atoms with van der Waals surface area (Å²) in [5, 5.41) is 29.0. The maximum Gasteiger partial charge on any atom is 0.339 e. The van der Waals surface area contributed by atoms with E-state index in [1.54, 1.807) is 0 Å². The van der Waals surface area contributed by atoms with Crippen LogP contribution in [0.5, 0.6) is 11.5 Å². The van der Waals surface area contributed by atoms with E-state index >= 15 is 0 Å². The van der Waals surface area contributed by atoms with E-state index in [2.05, 4.69) is 15.0 Å². The molecule has 0 bridgehead atoms. The number of aromatic nitrogens is 3. The minimum atomic E-state index is -1.24. The van der Waals surface area contributed by atoms with E-state index in [1.165, 1.54) is 11.1 Å². The van der Waals surface area contributed by atoms with Gasteiger partial charge in [0.05, 0.1) is 12.1 Å². The number of hydrogen-bond donors (Lipinski definition) is 5. The van der Waals surface area contributed by atoms with Crippen LogP contribution in [0, 0.1) is 11.7 Å². The molecule has 200 valence electrons. The number of carbonyl (C=O) groups excluding carboxylic acids is 2. The molecule has 13 heteroatoms. The lowest BCUT2D eigenvalue weighted by Gasteiger charge is -2.37. The minimum Gasteiger partial charge on any atom is -0.505 e. The summed E-state index contributed by atoms with van der Waals surface area (Å²) in [4.78, 5) is 49.4. The van der Waals surface area contributed by atoms with Crippen molar-refractivity contribution in [1.29, 1.82) is 0 Å². The number of likely N-dealkylation sites (tertiary alicyclic amines) is 1. The smallest absolute Gasteiger partial charge is 0.339 e. The first-order chi connectivity index (χ1) is 18.2. The number of hydrogen-bond acceptors (Lipinski definition) is 8. The number of phenolic OH excluding ortho intramolecular Hbond substituents is 1. The van der Waals surface area contributed by atoms with Gasteiger partial charge in [-0.25, -0.2) is 19.2 Å². The van der Waals surface area contributed by atoms with E-state index in [-0.39, 0.29) is 52.4 Å². The molecule has 1 aliphatic carbocycles. The molecule has 5 rings (SSSR count). The Hall–Kier alpha value is -4.26. The first kappa shape index (κ1) is 25.4. The third kappa shape index (κ3) is 4.72. The van der Waals surface area contributed by atoms with Crippen molar-refractivity contribution >= 4 is 28.8 Å². The molecular formula is C25H26FN5O7. The zero-order chi connectivity index (χ0) is 27.1. The van der Waals surface area contributed by atoms with Gasteiger partial charge in [0.2, 0.25) is 11.8 Å². The lowest BCUT2D eigenvalue weighted by molar-refractivity contribution is -0.143. The van der Waals surface area contributed by atoms with Crippen LogP contribution in [-0.4, -0.2) is 78.8 Å². The summed E-state index contributed by atoms with van der Waals surface area (Å²) in [5.41, 5.74) is 6.06. The Morgan fingerprint density at radius 2 is 1.97 bits per heavy atom. The lowest BCUT2D eigenvalue weighted by atomic mass is 9.89. The third-order valence-corrected chi connectivity index (χ3v) is 7.00. The SMILES string of the molecule is NC(=O)C1CC(c2nc(-c3cc(F)c(O)cc3OCC3CC3)c3[nH]cc(C(=O)O)c3n2)CCN1C(=O)CO. The number of aromatic amines is 1. The van der Waals surface area contributed by atoms with E-state index in [0.29, 0.717) is 18.9 Å². The topological polar surface area (TPSA) is 192 Å². The van der Waals surface area contributed by atoms with E-state index in [0.717, 1.165) is 25.0 Å². The summed E-state index contributed by atoms with van der Waals surface area (Å²) in [6, 6.07) is 1.20. The molecule has 2 fully saturated rings. The van der Waals surface area contributed by atoms with Crippen LogP contribution in [0.15, 0.2) is 18.3 Å². The summed E-state index contributed by atoms with van der Waals surface area (Å²) in [6.45, 7) is -0.318. The summed E-state index contributed by atoms with van der Waals surface area (Å²) in [5.74, 6) is -3.96. The van der Waals surface area contributed by atoms with Gasteiger partial charge in [0.25, 0.3) is 0 Å². The van der Waals surface area contributed by atoms with Gasteiger partial charge >= 0.3 is 5.97 Å². The number of nitrogens with one attached hydrogen (secondary N) is 1. The van der Waals surface area contributed by atoms with Crippen LogP contribution in [0.2, 0.25) is 0 Å². The maximum absolute atomic E-state index is 14.6. The number of nitrogens with zero attached hydrogens (tertiary/aromatic N) is 3. The lowest BCUT2D eigenvalue weighted by Crippen LogP contribution is -2.52. The fraction of sp³-hybridized carbons (Fsp3) is 0.400. The van der Waals surface area contributed by atoms with Gasteiger partial charge in [-0.15, -0.1) is 0 Å². The molecule has 1 aromatic carbocycles. The Morgan fingerprint density at radius 3 is 2.63 bits per heavy atom. The molecule has 6 N–H and O–H groups in total. The van der Waals surface area contributed by atoms with Gasteiger partial charge in [-0.2, -0.15) is 0 Å². The van der Waals surface area contributed by atoms with Crippen LogP contribution in [0.4, 0.5) is 4.39 Å². The number of aliphatic hydroxyl groups is 1. The number of fused-ring (bicyclic) bond motifs is 1. The van der Waals surface area contributed by atoms with Crippen LogP contribution in [0.3, 0.4) is 0 Å². The zero-order valence-corrected chi connectivity index (χ0v) is 20.2. The first-order valence-corrected chi connectivity index (χ1v) is 12.2. The number of aromatic hydroxyl groups is 1. The van der Waals surface area contributed by atoms with Crippen LogP contribution in [-0.2, 0) is 9.59 Å². The number of carboxylic acids is 1. The predicted molar refractivity (Wildman–Crippen MR) is 130 cm³/mol. The number of halogens is 1. The number of benzene rings is 1. The second-order valence-corrected chi connectivity index (χ2v) is 9.60. The average Bonchev–Trinajstić information content (AvgIpc) is 3.63. The van der Waals surface area contributed by atoms with Crippen LogP contribution < -0.4 is 10.5 Å². The van der Waals surface area contributed by atoms with E-state index in [1.807, 2.05) is 0 Å². The zero-order valence-electron chi connectivity index (χ0n) is 20.2. The first-order valence-electron chi connectivity index (χ1n) is 12.2. The fourth-order valence-corrected chi connectivity index (χ4v) is 4.76. The molecular weight excluding hydrogens is 501 g/mol. The number of rotatable bonds is 8. The number of ether oxygens (including phenoxy) is 1. The van der Waals surface area contributed by atoms with Crippen molar-refractivity contribution < 1.29 is 38.8 Å². The third-order valence-electron chi connectivity index (χ3n) is 7.00. The minimum absolute atomic E-state index is 0.0494. The van der Waals surface area contributed by atoms with Gasteiger partial charge in [0.15, 0.2) is 11.6 Å². The van der Waals surface area contributed by atoms with Crippen LogP contribution in [0.25, 0.3) is 22.3 Å². The van der Waals surface area contributed by atoms with Crippen molar-refractivity contribution in [1.82, 2.24) is 19.9 Å². The predicted octanol–water partition coefficient (Wildman–Crippen LogP) is 1.51. The highest BCUT2D eigenvalue weighted by molar-refractivity contribution is 6.05. The Bertz CT molecular complexity index is 1440. The number of aromatic carboxylic acids is 1. The number of amides is 2. The molecule has 3 aromatic rings. The fourth-order valence-electron chi connectivity index (χ4n) is 4.76. The summed E-state index contributed by atoms with van der Waals surface area (Å²) < 4.78 is 20.5. The molecule has 1 saturated carbocycles.